The number of ether oxygens (including phenoxy) is 1. The molecule has 36 heavy (non-hydrogen) atoms. The minimum absolute atomic E-state index is 0.196. The summed E-state index contributed by atoms with van der Waals surface area (Å²) in [5.41, 5.74) is 7.58. The summed E-state index contributed by atoms with van der Waals surface area (Å²) in [5, 5.41) is 7.94. The van der Waals surface area contributed by atoms with E-state index in [0.717, 1.165) is 12.5 Å². The van der Waals surface area contributed by atoms with Gasteiger partial charge in [0.1, 0.15) is 0 Å². The smallest absolute Gasteiger partial charge is 0.396 e. The van der Waals surface area contributed by atoms with Crippen LogP contribution in [-0.4, -0.2) is 65.3 Å². The van der Waals surface area contributed by atoms with Crippen LogP contribution in [0.25, 0.3) is 5.65 Å². The van der Waals surface area contributed by atoms with Crippen LogP contribution < -0.4 is 16.0 Å². The van der Waals surface area contributed by atoms with Crippen molar-refractivity contribution >= 4 is 35.1 Å². The number of alkyl halides is 3. The second-order valence-corrected chi connectivity index (χ2v) is 9.14. The van der Waals surface area contributed by atoms with E-state index in [1.165, 1.54) is 6.07 Å². The first-order valence-corrected chi connectivity index (χ1v) is 11.9. The zero-order valence-corrected chi connectivity index (χ0v) is 19.9. The predicted molar refractivity (Wildman–Crippen MR) is 130 cm³/mol. The fourth-order valence-corrected chi connectivity index (χ4v) is 5.01. The molecule has 0 radical (unpaired) electrons. The molecule has 3 aromatic rings. The topological polar surface area (TPSA) is 101 Å². The Bertz CT molecular complexity index is 1260. The minimum atomic E-state index is -4.52. The van der Waals surface area contributed by atoms with Gasteiger partial charge in [0.15, 0.2) is 17.3 Å². The standard InChI is InChI=1S/C24H28F3N7O2/c1-15-22(34-23(29-15)18(28)13-20(31-34)33-9-11-36-12-10-33)30-19-4-2-3-17(24(25,26)27)21(19)16-5-7-32(14-35)8-6-16/h2-4,13-14,16,30H,5-12,28H2,1H3. The molecule has 2 aliphatic rings. The van der Waals surface area contributed by atoms with Crippen molar-refractivity contribution in [3.05, 3.63) is 41.1 Å². The zero-order chi connectivity index (χ0) is 25.4. The first-order chi connectivity index (χ1) is 17.3. The number of amides is 1. The maximum Gasteiger partial charge on any atom is 0.416 e. The van der Waals surface area contributed by atoms with Crippen molar-refractivity contribution < 1.29 is 22.7 Å². The SMILES string of the molecule is Cc1nc2c(N)cc(N3CCOCC3)nn2c1Nc1cccc(C(F)(F)F)c1C1CCN(C=O)CC1. The van der Waals surface area contributed by atoms with Gasteiger partial charge in [-0.3, -0.25) is 4.79 Å². The number of likely N-dealkylation sites (tertiary alicyclic amines) is 1. The molecule has 1 amide bonds. The van der Waals surface area contributed by atoms with Crippen LogP contribution in [0.3, 0.4) is 0 Å². The summed E-state index contributed by atoms with van der Waals surface area (Å²) in [5.74, 6) is 0.745. The number of anilines is 4. The molecule has 2 fully saturated rings. The van der Waals surface area contributed by atoms with Crippen molar-refractivity contribution in [3.8, 4) is 0 Å². The lowest BCUT2D eigenvalue weighted by molar-refractivity contribution is -0.138. The van der Waals surface area contributed by atoms with Crippen LogP contribution in [0.2, 0.25) is 0 Å². The Morgan fingerprint density at radius 2 is 1.89 bits per heavy atom. The first kappa shape index (κ1) is 24.2. The fraction of sp³-hybridized carbons (Fsp3) is 0.458. The number of nitrogens with two attached hydrogens (primary N) is 1. The Hall–Kier alpha value is -3.54. The summed E-state index contributed by atoms with van der Waals surface area (Å²) in [7, 11) is 0. The van der Waals surface area contributed by atoms with Crippen LogP contribution >= 0.6 is 0 Å². The highest BCUT2D eigenvalue weighted by atomic mass is 19.4. The van der Waals surface area contributed by atoms with Crippen molar-refractivity contribution in [3.63, 3.8) is 0 Å². The molecule has 0 spiro atoms. The Kier molecular flexibility index (Phi) is 6.37. The molecule has 9 nitrogen and oxygen atoms in total. The van der Waals surface area contributed by atoms with Gasteiger partial charge in [-0.1, -0.05) is 6.07 Å². The molecule has 4 heterocycles. The van der Waals surface area contributed by atoms with Crippen molar-refractivity contribution in [1.29, 1.82) is 0 Å². The van der Waals surface area contributed by atoms with E-state index in [-0.39, 0.29) is 11.5 Å². The molecular formula is C24H28F3N7O2. The van der Waals surface area contributed by atoms with E-state index in [0.29, 0.717) is 86.6 Å². The fourth-order valence-electron chi connectivity index (χ4n) is 5.01. The number of halogens is 3. The number of carbonyl (C=O) groups is 1. The third-order valence-electron chi connectivity index (χ3n) is 6.86. The normalized spacial score (nSPS) is 17.6. The van der Waals surface area contributed by atoms with E-state index >= 15 is 0 Å². The molecule has 0 aliphatic carbocycles. The second kappa shape index (κ2) is 9.49. The van der Waals surface area contributed by atoms with E-state index in [1.807, 2.05) is 0 Å². The van der Waals surface area contributed by atoms with Gasteiger partial charge in [0, 0.05) is 37.9 Å². The van der Waals surface area contributed by atoms with Crippen LogP contribution in [0.5, 0.6) is 0 Å². The number of rotatable bonds is 5. The van der Waals surface area contributed by atoms with Crippen LogP contribution in [0.4, 0.5) is 36.2 Å². The van der Waals surface area contributed by atoms with Gasteiger partial charge in [-0.2, -0.15) is 17.7 Å². The number of hydrogen-bond donors (Lipinski definition) is 2. The van der Waals surface area contributed by atoms with E-state index in [4.69, 9.17) is 15.6 Å². The number of piperidine rings is 1. The maximum absolute atomic E-state index is 14.1. The number of fused-ring (bicyclic) bond motifs is 1. The minimum Gasteiger partial charge on any atom is -0.396 e. The van der Waals surface area contributed by atoms with Gasteiger partial charge in [-0.05, 0) is 43.4 Å². The predicted octanol–water partition coefficient (Wildman–Crippen LogP) is 3.55. The van der Waals surface area contributed by atoms with Crippen molar-refractivity contribution in [1.82, 2.24) is 19.5 Å². The molecule has 192 valence electrons. The van der Waals surface area contributed by atoms with Gasteiger partial charge in [0.05, 0.1) is 30.2 Å². The molecule has 2 saturated heterocycles. The molecule has 0 saturated carbocycles. The van der Waals surface area contributed by atoms with Crippen LogP contribution in [0.15, 0.2) is 24.3 Å². The molecule has 2 aliphatic heterocycles. The third kappa shape index (κ3) is 4.52. The largest absolute Gasteiger partial charge is 0.416 e. The zero-order valence-electron chi connectivity index (χ0n) is 19.9. The molecule has 0 unspecified atom stereocenters. The Labute approximate surface area is 206 Å². The van der Waals surface area contributed by atoms with Gasteiger partial charge in [-0.15, -0.1) is 5.10 Å². The molecule has 0 bridgehead atoms. The lowest BCUT2D eigenvalue weighted by atomic mass is 9.85. The highest BCUT2D eigenvalue weighted by Gasteiger charge is 2.37. The quantitative estimate of drug-likeness (QED) is 0.514. The average Bonchev–Trinajstić information content (AvgIpc) is 3.19. The van der Waals surface area contributed by atoms with Crippen LogP contribution in [-0.2, 0) is 15.7 Å². The number of aromatic nitrogens is 3. The maximum atomic E-state index is 14.1. The lowest BCUT2D eigenvalue weighted by Crippen LogP contribution is -2.37. The number of aryl methyl sites for hydroxylation is 1. The van der Waals surface area contributed by atoms with E-state index in [2.05, 4.69) is 15.2 Å². The number of benzene rings is 1. The molecule has 12 heteroatoms. The highest BCUT2D eigenvalue weighted by Crippen LogP contribution is 2.43. The number of carbonyl (C=O) groups excluding carboxylic acids is 1. The number of imidazole rings is 1. The van der Waals surface area contributed by atoms with E-state index < -0.39 is 11.7 Å². The molecule has 1 aromatic carbocycles. The van der Waals surface area contributed by atoms with E-state index in [9.17, 15) is 18.0 Å². The Morgan fingerprint density at radius 3 is 2.56 bits per heavy atom. The van der Waals surface area contributed by atoms with Gasteiger partial charge in [0.2, 0.25) is 6.41 Å². The Balaban J connectivity index is 1.58. The summed E-state index contributed by atoms with van der Waals surface area (Å²) >= 11 is 0. The molecule has 3 N–H and O–H groups in total. The first-order valence-electron chi connectivity index (χ1n) is 11.9. The summed E-state index contributed by atoms with van der Waals surface area (Å²) in [6.45, 7) is 5.05. The third-order valence-corrected chi connectivity index (χ3v) is 6.86. The van der Waals surface area contributed by atoms with Gasteiger partial charge in [0.25, 0.3) is 0 Å². The number of hydrogen-bond acceptors (Lipinski definition) is 7. The number of nitrogens with one attached hydrogen (secondary N) is 1. The Morgan fingerprint density at radius 1 is 1.17 bits per heavy atom. The lowest BCUT2D eigenvalue weighted by Gasteiger charge is -2.32. The van der Waals surface area contributed by atoms with Crippen molar-refractivity contribution in [2.75, 3.05) is 55.3 Å². The summed E-state index contributed by atoms with van der Waals surface area (Å²) in [4.78, 5) is 19.3. The summed E-state index contributed by atoms with van der Waals surface area (Å²) in [6.07, 6.45) is -2.89. The van der Waals surface area contributed by atoms with Gasteiger partial charge >= 0.3 is 6.18 Å². The summed E-state index contributed by atoms with van der Waals surface area (Å²) < 4.78 is 49.3. The van der Waals surface area contributed by atoms with Crippen LogP contribution in [0, 0.1) is 6.92 Å². The molecular weight excluding hydrogens is 475 g/mol. The second-order valence-electron chi connectivity index (χ2n) is 9.14. The van der Waals surface area contributed by atoms with Crippen LogP contribution in [0.1, 0.15) is 35.6 Å². The highest BCUT2D eigenvalue weighted by molar-refractivity contribution is 5.75. The molecule has 2 aromatic heterocycles. The number of morpholine rings is 1. The van der Waals surface area contributed by atoms with E-state index in [1.54, 1.807) is 28.5 Å². The average molecular weight is 504 g/mol. The molecule has 5 rings (SSSR count). The molecule has 0 atom stereocenters. The monoisotopic (exact) mass is 503 g/mol. The van der Waals surface area contributed by atoms with Crippen molar-refractivity contribution in [2.45, 2.75) is 31.9 Å². The number of nitrogens with zero attached hydrogens (tertiary/aromatic N) is 5. The number of nitrogen functional groups attached to an aromatic ring is 1. The van der Waals surface area contributed by atoms with Crippen molar-refractivity contribution in [2.24, 2.45) is 0 Å². The van der Waals surface area contributed by atoms with Gasteiger partial charge in [-0.25, -0.2) is 4.98 Å². The summed E-state index contributed by atoms with van der Waals surface area (Å²) in [6, 6.07) is 5.91. The van der Waals surface area contributed by atoms with Gasteiger partial charge < -0.3 is 25.6 Å².